The van der Waals surface area contributed by atoms with Crippen molar-refractivity contribution in [2.75, 3.05) is 14.2 Å². The van der Waals surface area contributed by atoms with Gasteiger partial charge in [0.15, 0.2) is 0 Å². The first-order valence-electron chi connectivity index (χ1n) is 8.44. The number of Topliss-reactive ketones (excluding diaryl/α,β-unsaturated/α-hetero) is 2. The van der Waals surface area contributed by atoms with E-state index in [0.717, 1.165) is 18.8 Å². The van der Waals surface area contributed by atoms with E-state index in [-0.39, 0.29) is 23.1 Å². The van der Waals surface area contributed by atoms with Crippen LogP contribution in [0.4, 0.5) is 0 Å². The molecule has 0 spiro atoms. The Morgan fingerprint density at radius 3 is 1.96 bits per heavy atom. The monoisotopic (exact) mass is 322 g/mol. The molecular formula is C19H30O4. The average Bonchev–Trinajstić information content (AvgIpc) is 2.50. The Labute approximate surface area is 139 Å². The summed E-state index contributed by atoms with van der Waals surface area (Å²) in [6.45, 7) is 8.37. The summed E-state index contributed by atoms with van der Waals surface area (Å²) < 4.78 is 10.2. The average molecular weight is 322 g/mol. The Kier molecular flexibility index (Phi) is 7.53. The number of ether oxygens (including phenoxy) is 2. The minimum Gasteiger partial charge on any atom is -0.489 e. The van der Waals surface area contributed by atoms with Gasteiger partial charge in [-0.05, 0) is 31.6 Å². The van der Waals surface area contributed by atoms with Gasteiger partial charge in [0, 0.05) is 11.1 Å². The lowest BCUT2D eigenvalue weighted by Crippen LogP contribution is -2.25. The molecule has 1 rings (SSSR count). The Bertz CT molecular complexity index is 511. The van der Waals surface area contributed by atoms with Gasteiger partial charge in [0.2, 0.25) is 23.1 Å². The van der Waals surface area contributed by atoms with E-state index < -0.39 is 0 Å². The van der Waals surface area contributed by atoms with Crippen LogP contribution in [0.25, 0.3) is 0 Å². The van der Waals surface area contributed by atoms with Crippen molar-refractivity contribution in [2.45, 2.75) is 59.8 Å². The number of ketones is 2. The number of carbonyl (C=O) groups excluding carboxylic acids is 2. The highest BCUT2D eigenvalue weighted by Gasteiger charge is 2.34. The highest BCUT2D eigenvalue weighted by molar-refractivity contribution is 6.23. The molecule has 1 unspecified atom stereocenters. The summed E-state index contributed by atoms with van der Waals surface area (Å²) in [5, 5.41) is 0. The Morgan fingerprint density at radius 1 is 0.870 bits per heavy atom. The van der Waals surface area contributed by atoms with Gasteiger partial charge in [0.1, 0.15) is 0 Å². The van der Waals surface area contributed by atoms with Crippen molar-refractivity contribution >= 4 is 11.6 Å². The van der Waals surface area contributed by atoms with Crippen LogP contribution in [-0.2, 0) is 19.1 Å². The van der Waals surface area contributed by atoms with E-state index in [1.807, 2.05) is 0 Å². The molecule has 23 heavy (non-hydrogen) atoms. The third-order valence-electron chi connectivity index (χ3n) is 4.46. The summed E-state index contributed by atoms with van der Waals surface area (Å²) in [7, 11) is 2.78. The van der Waals surface area contributed by atoms with E-state index in [1.54, 1.807) is 6.92 Å². The minimum absolute atomic E-state index is 0.0173. The third kappa shape index (κ3) is 4.95. The summed E-state index contributed by atoms with van der Waals surface area (Å²) in [6, 6.07) is 0. The maximum Gasteiger partial charge on any atom is 0.228 e. The summed E-state index contributed by atoms with van der Waals surface area (Å²) in [6.07, 6.45) is 5.12. The lowest BCUT2D eigenvalue weighted by Gasteiger charge is -2.21. The molecular weight excluding hydrogens is 292 g/mol. The predicted molar refractivity (Wildman–Crippen MR) is 90.8 cm³/mol. The smallest absolute Gasteiger partial charge is 0.228 e. The molecule has 0 heterocycles. The topological polar surface area (TPSA) is 52.6 Å². The highest BCUT2D eigenvalue weighted by Crippen LogP contribution is 2.30. The summed E-state index contributed by atoms with van der Waals surface area (Å²) in [4.78, 5) is 24.8. The number of methoxy groups -OCH3 is 2. The molecule has 0 aliphatic heterocycles. The van der Waals surface area contributed by atoms with Crippen LogP contribution in [0.5, 0.6) is 0 Å². The predicted octanol–water partition coefficient (Wildman–Crippen LogP) is 4.20. The first kappa shape index (κ1) is 19.5. The van der Waals surface area contributed by atoms with Gasteiger partial charge in [-0.15, -0.1) is 0 Å². The van der Waals surface area contributed by atoms with Crippen LogP contribution in [0.2, 0.25) is 0 Å². The molecule has 4 heteroatoms. The van der Waals surface area contributed by atoms with Crippen LogP contribution in [0.15, 0.2) is 22.7 Å². The van der Waals surface area contributed by atoms with Gasteiger partial charge < -0.3 is 9.47 Å². The fourth-order valence-electron chi connectivity index (χ4n) is 2.90. The normalized spacial score (nSPS) is 17.2. The van der Waals surface area contributed by atoms with Crippen LogP contribution in [0.3, 0.4) is 0 Å². The zero-order chi connectivity index (χ0) is 17.6. The van der Waals surface area contributed by atoms with Crippen molar-refractivity contribution in [1.29, 1.82) is 0 Å². The van der Waals surface area contributed by atoms with Gasteiger partial charge in [0.05, 0.1) is 14.2 Å². The Hall–Kier alpha value is -1.58. The maximum absolute atomic E-state index is 12.5. The SMILES string of the molecule is COC1=C(OC)C(=O)C(CCC(C)CCCC(C)C)=C(C)C1=O. The fourth-order valence-corrected chi connectivity index (χ4v) is 2.90. The zero-order valence-corrected chi connectivity index (χ0v) is 15.3. The molecule has 0 saturated carbocycles. The van der Waals surface area contributed by atoms with E-state index >= 15 is 0 Å². The summed E-state index contributed by atoms with van der Waals surface area (Å²) >= 11 is 0. The molecule has 0 bridgehead atoms. The zero-order valence-electron chi connectivity index (χ0n) is 15.3. The number of rotatable bonds is 9. The van der Waals surface area contributed by atoms with E-state index in [1.165, 1.54) is 27.1 Å². The van der Waals surface area contributed by atoms with E-state index in [9.17, 15) is 9.59 Å². The second-order valence-electron chi connectivity index (χ2n) is 6.80. The lowest BCUT2D eigenvalue weighted by atomic mass is 9.87. The first-order valence-corrected chi connectivity index (χ1v) is 8.44. The molecule has 130 valence electrons. The standard InChI is InChI=1S/C19H30O4/c1-12(2)8-7-9-13(3)10-11-15-14(4)16(20)18(22-5)19(23-6)17(15)21/h12-13H,7-11H2,1-6H3. The second kappa shape index (κ2) is 8.90. The van der Waals surface area contributed by atoms with E-state index in [0.29, 0.717) is 23.5 Å². The molecule has 4 nitrogen and oxygen atoms in total. The third-order valence-corrected chi connectivity index (χ3v) is 4.46. The molecule has 0 fully saturated rings. The lowest BCUT2D eigenvalue weighted by molar-refractivity contribution is -0.121. The molecule has 1 atom stereocenters. The van der Waals surface area contributed by atoms with Gasteiger partial charge >= 0.3 is 0 Å². The Balaban J connectivity index is 2.71. The maximum atomic E-state index is 12.5. The quantitative estimate of drug-likeness (QED) is 0.597. The van der Waals surface area contributed by atoms with Gasteiger partial charge in [-0.2, -0.15) is 0 Å². The highest BCUT2D eigenvalue weighted by atomic mass is 16.5. The van der Waals surface area contributed by atoms with E-state index in [2.05, 4.69) is 20.8 Å². The van der Waals surface area contributed by atoms with Crippen LogP contribution in [0, 0.1) is 11.8 Å². The van der Waals surface area contributed by atoms with Gasteiger partial charge in [-0.25, -0.2) is 0 Å². The molecule has 0 saturated heterocycles. The molecule has 0 aromatic rings. The molecule has 1 aliphatic rings. The largest absolute Gasteiger partial charge is 0.489 e. The van der Waals surface area contributed by atoms with Gasteiger partial charge in [-0.3, -0.25) is 9.59 Å². The van der Waals surface area contributed by atoms with Gasteiger partial charge in [-0.1, -0.05) is 40.0 Å². The Morgan fingerprint density at radius 2 is 1.43 bits per heavy atom. The van der Waals surface area contributed by atoms with Crippen molar-refractivity contribution in [1.82, 2.24) is 0 Å². The van der Waals surface area contributed by atoms with E-state index in [4.69, 9.17) is 9.47 Å². The first-order chi connectivity index (χ1) is 10.8. The molecule has 0 aromatic carbocycles. The van der Waals surface area contributed by atoms with Crippen molar-refractivity contribution < 1.29 is 19.1 Å². The number of carbonyl (C=O) groups is 2. The molecule has 0 radical (unpaired) electrons. The number of hydrogen-bond donors (Lipinski definition) is 0. The molecule has 0 amide bonds. The molecule has 1 aliphatic carbocycles. The fraction of sp³-hybridized carbons (Fsp3) is 0.684. The molecule has 0 N–H and O–H groups in total. The minimum atomic E-state index is -0.244. The summed E-state index contributed by atoms with van der Waals surface area (Å²) in [5.74, 6) is 0.860. The molecule has 0 aromatic heterocycles. The van der Waals surface area contributed by atoms with Crippen LogP contribution < -0.4 is 0 Å². The van der Waals surface area contributed by atoms with Crippen LogP contribution in [-0.4, -0.2) is 25.8 Å². The van der Waals surface area contributed by atoms with Crippen molar-refractivity contribution in [2.24, 2.45) is 11.8 Å². The number of hydrogen-bond acceptors (Lipinski definition) is 4. The number of allylic oxidation sites excluding steroid dienone is 2. The van der Waals surface area contributed by atoms with Crippen molar-refractivity contribution in [3.63, 3.8) is 0 Å². The van der Waals surface area contributed by atoms with Crippen LogP contribution >= 0.6 is 0 Å². The van der Waals surface area contributed by atoms with Crippen molar-refractivity contribution in [3.05, 3.63) is 22.7 Å². The van der Waals surface area contributed by atoms with Gasteiger partial charge in [0.25, 0.3) is 0 Å². The summed E-state index contributed by atoms with van der Waals surface area (Å²) in [5.41, 5.74) is 1.06. The van der Waals surface area contributed by atoms with Crippen molar-refractivity contribution in [3.8, 4) is 0 Å². The second-order valence-corrected chi connectivity index (χ2v) is 6.80. The van der Waals surface area contributed by atoms with Crippen LogP contribution in [0.1, 0.15) is 59.8 Å².